The number of hydrogen-bond acceptors (Lipinski definition) is 2. The van der Waals surface area contributed by atoms with Crippen LogP contribution in [0, 0.1) is 18.8 Å². The molecule has 3 rings (SSSR count). The van der Waals surface area contributed by atoms with Crippen molar-refractivity contribution in [3.63, 3.8) is 0 Å². The maximum Gasteiger partial charge on any atom is 0.307 e. The Kier molecular flexibility index (Phi) is 3.32. The molecule has 1 aromatic carbocycles. The van der Waals surface area contributed by atoms with Gasteiger partial charge in [0.2, 0.25) is 0 Å². The Bertz CT molecular complexity index is 680. The van der Waals surface area contributed by atoms with E-state index in [1.54, 1.807) is 0 Å². The number of nitrogens with one attached hydrogen (secondary N) is 1. The first-order valence-electron chi connectivity index (χ1n) is 6.84. The third-order valence-corrected chi connectivity index (χ3v) is 4.68. The predicted molar refractivity (Wildman–Crippen MR) is 80.8 cm³/mol. The molecule has 2 aromatic rings. The van der Waals surface area contributed by atoms with Crippen LogP contribution in [-0.2, 0) is 4.79 Å². The maximum absolute atomic E-state index is 11.4. The van der Waals surface area contributed by atoms with E-state index in [1.165, 1.54) is 0 Å². The fraction of sp³-hybridized carbons (Fsp3) is 0.467. The number of imidazole rings is 1. The van der Waals surface area contributed by atoms with E-state index in [0.717, 1.165) is 39.7 Å². The van der Waals surface area contributed by atoms with Crippen LogP contribution in [0.5, 0.6) is 0 Å². The Morgan fingerprint density at radius 3 is 2.90 bits per heavy atom. The molecule has 3 atom stereocenters. The zero-order chi connectivity index (χ0) is 14.4. The number of aliphatic carboxylic acids is 1. The quantitative estimate of drug-likeness (QED) is 0.875. The van der Waals surface area contributed by atoms with E-state index >= 15 is 0 Å². The van der Waals surface area contributed by atoms with Crippen molar-refractivity contribution >= 4 is 32.9 Å². The van der Waals surface area contributed by atoms with Crippen molar-refractivity contribution in [2.24, 2.45) is 11.8 Å². The molecule has 0 spiro atoms. The second kappa shape index (κ2) is 4.88. The van der Waals surface area contributed by atoms with Gasteiger partial charge in [-0.3, -0.25) is 4.79 Å². The normalized spacial score (nSPS) is 26.2. The number of aromatic amines is 1. The summed E-state index contributed by atoms with van der Waals surface area (Å²) in [5.74, 6) is 0.209. The first-order chi connectivity index (χ1) is 9.45. The van der Waals surface area contributed by atoms with Gasteiger partial charge in [0.25, 0.3) is 0 Å². The number of benzene rings is 1. The van der Waals surface area contributed by atoms with Crippen LogP contribution in [0.15, 0.2) is 16.6 Å². The zero-order valence-electron chi connectivity index (χ0n) is 11.5. The molecule has 1 fully saturated rings. The molecular formula is C15H17BrN2O2. The van der Waals surface area contributed by atoms with Crippen molar-refractivity contribution in [1.29, 1.82) is 0 Å². The molecule has 0 amide bonds. The molecule has 0 radical (unpaired) electrons. The molecule has 1 saturated carbocycles. The maximum atomic E-state index is 11.4. The smallest absolute Gasteiger partial charge is 0.307 e. The van der Waals surface area contributed by atoms with Crippen LogP contribution < -0.4 is 0 Å². The van der Waals surface area contributed by atoms with Gasteiger partial charge in [0.1, 0.15) is 5.82 Å². The molecule has 2 N–H and O–H groups in total. The molecule has 0 saturated heterocycles. The van der Waals surface area contributed by atoms with E-state index in [4.69, 9.17) is 0 Å². The average molecular weight is 337 g/mol. The van der Waals surface area contributed by atoms with Gasteiger partial charge in [0.15, 0.2) is 0 Å². The highest BCUT2D eigenvalue weighted by Gasteiger charge is 2.39. The Morgan fingerprint density at radius 2 is 2.20 bits per heavy atom. The monoisotopic (exact) mass is 336 g/mol. The van der Waals surface area contributed by atoms with Gasteiger partial charge in [0.05, 0.1) is 17.0 Å². The van der Waals surface area contributed by atoms with Crippen molar-refractivity contribution in [3.8, 4) is 0 Å². The molecule has 106 valence electrons. The second-order valence-electron chi connectivity index (χ2n) is 5.87. The molecule has 0 bridgehead atoms. The number of carboxylic acids is 1. The van der Waals surface area contributed by atoms with Gasteiger partial charge in [-0.15, -0.1) is 0 Å². The highest BCUT2D eigenvalue weighted by Crippen LogP contribution is 2.42. The van der Waals surface area contributed by atoms with Gasteiger partial charge in [-0.05, 0) is 43.4 Å². The molecule has 1 aliphatic rings. The van der Waals surface area contributed by atoms with Crippen molar-refractivity contribution in [1.82, 2.24) is 9.97 Å². The topological polar surface area (TPSA) is 66.0 Å². The Morgan fingerprint density at radius 1 is 1.45 bits per heavy atom. The van der Waals surface area contributed by atoms with Gasteiger partial charge in [-0.2, -0.15) is 0 Å². The molecule has 0 aliphatic heterocycles. The molecular weight excluding hydrogens is 320 g/mol. The van der Waals surface area contributed by atoms with E-state index in [1.807, 2.05) is 19.1 Å². The van der Waals surface area contributed by atoms with E-state index in [2.05, 4.69) is 32.8 Å². The third kappa shape index (κ3) is 2.24. The molecule has 4 nitrogen and oxygen atoms in total. The van der Waals surface area contributed by atoms with Crippen LogP contribution in [0.3, 0.4) is 0 Å². The van der Waals surface area contributed by atoms with Crippen LogP contribution in [0.2, 0.25) is 0 Å². The summed E-state index contributed by atoms with van der Waals surface area (Å²) in [7, 11) is 0. The number of halogens is 1. The lowest BCUT2D eigenvalue weighted by Gasteiger charge is -2.12. The summed E-state index contributed by atoms with van der Waals surface area (Å²) in [5, 5.41) is 9.39. The van der Waals surface area contributed by atoms with Crippen LogP contribution >= 0.6 is 15.9 Å². The standard InChI is InChI=1S/C15H17BrN2O2/c1-7-3-10(11(4-7)15(19)20)14-17-12-6-9(16)5-8(2)13(12)18-14/h5-7,10-11H,3-4H2,1-2H3,(H,17,18)(H,19,20). The van der Waals surface area contributed by atoms with Crippen molar-refractivity contribution in [2.75, 3.05) is 0 Å². The fourth-order valence-electron chi connectivity index (χ4n) is 3.31. The number of hydrogen-bond donors (Lipinski definition) is 2. The summed E-state index contributed by atoms with van der Waals surface area (Å²) in [6.07, 6.45) is 1.62. The molecule has 1 aromatic heterocycles. The third-order valence-electron chi connectivity index (χ3n) is 4.23. The van der Waals surface area contributed by atoms with E-state index in [9.17, 15) is 9.90 Å². The molecule has 1 heterocycles. The Balaban J connectivity index is 2.06. The molecule has 1 aliphatic carbocycles. The zero-order valence-corrected chi connectivity index (χ0v) is 13.1. The number of aromatic nitrogens is 2. The SMILES string of the molecule is Cc1cc(Br)cc2[nH]c(C3CC(C)CC3C(=O)O)nc12. The molecule has 5 heteroatoms. The van der Waals surface area contributed by atoms with Crippen LogP contribution in [0.25, 0.3) is 11.0 Å². The number of carboxylic acid groups (broad SMARTS) is 1. The average Bonchev–Trinajstić information content (AvgIpc) is 2.92. The molecule has 3 unspecified atom stereocenters. The summed E-state index contributed by atoms with van der Waals surface area (Å²) in [6.45, 7) is 4.13. The van der Waals surface area contributed by atoms with Crippen LogP contribution in [-0.4, -0.2) is 21.0 Å². The van der Waals surface area contributed by atoms with Gasteiger partial charge in [0, 0.05) is 10.4 Å². The summed E-state index contributed by atoms with van der Waals surface area (Å²) < 4.78 is 1.01. The van der Waals surface area contributed by atoms with Crippen LogP contribution in [0.4, 0.5) is 0 Å². The summed E-state index contributed by atoms with van der Waals surface area (Å²) in [5.41, 5.74) is 3.00. The highest BCUT2D eigenvalue weighted by molar-refractivity contribution is 9.10. The fourth-order valence-corrected chi connectivity index (χ4v) is 3.88. The highest BCUT2D eigenvalue weighted by atomic mass is 79.9. The lowest BCUT2D eigenvalue weighted by molar-refractivity contribution is -0.142. The van der Waals surface area contributed by atoms with Crippen molar-refractivity contribution in [3.05, 3.63) is 28.0 Å². The summed E-state index contributed by atoms with van der Waals surface area (Å²) in [6, 6.07) is 4.02. The minimum atomic E-state index is -0.710. The minimum absolute atomic E-state index is 0.00641. The van der Waals surface area contributed by atoms with Crippen molar-refractivity contribution in [2.45, 2.75) is 32.6 Å². The predicted octanol–water partition coefficient (Wildman–Crippen LogP) is 3.85. The number of H-pyrrole nitrogens is 1. The molecule has 20 heavy (non-hydrogen) atoms. The first-order valence-corrected chi connectivity index (χ1v) is 7.63. The van der Waals surface area contributed by atoms with Gasteiger partial charge in [-0.25, -0.2) is 4.98 Å². The Hall–Kier alpha value is -1.36. The lowest BCUT2D eigenvalue weighted by Crippen LogP contribution is -2.17. The van der Waals surface area contributed by atoms with Gasteiger partial charge < -0.3 is 10.1 Å². The number of carbonyl (C=O) groups is 1. The van der Waals surface area contributed by atoms with E-state index in [0.29, 0.717) is 5.92 Å². The number of rotatable bonds is 2. The van der Waals surface area contributed by atoms with Gasteiger partial charge in [-0.1, -0.05) is 22.9 Å². The first kappa shape index (κ1) is 13.6. The van der Waals surface area contributed by atoms with E-state index in [-0.39, 0.29) is 11.8 Å². The van der Waals surface area contributed by atoms with Crippen molar-refractivity contribution < 1.29 is 9.90 Å². The number of aryl methyl sites for hydroxylation is 1. The second-order valence-corrected chi connectivity index (χ2v) is 6.78. The van der Waals surface area contributed by atoms with Gasteiger partial charge >= 0.3 is 5.97 Å². The number of fused-ring (bicyclic) bond motifs is 1. The summed E-state index contributed by atoms with van der Waals surface area (Å²) in [4.78, 5) is 19.4. The number of nitrogens with zero attached hydrogens (tertiary/aromatic N) is 1. The van der Waals surface area contributed by atoms with E-state index < -0.39 is 5.97 Å². The Labute approximate surface area is 125 Å². The lowest BCUT2D eigenvalue weighted by atomic mass is 9.96. The summed E-state index contributed by atoms with van der Waals surface area (Å²) >= 11 is 3.48. The minimum Gasteiger partial charge on any atom is -0.481 e. The van der Waals surface area contributed by atoms with Crippen LogP contribution in [0.1, 0.15) is 37.1 Å². The largest absolute Gasteiger partial charge is 0.481 e.